The third kappa shape index (κ3) is 3.79. The van der Waals surface area contributed by atoms with Crippen LogP contribution in [0.2, 0.25) is 0 Å². The topological polar surface area (TPSA) is 40.5 Å². The van der Waals surface area contributed by atoms with Gasteiger partial charge in [0, 0.05) is 11.4 Å². The molecule has 0 aliphatic carbocycles. The Hall–Kier alpha value is -1.30. The zero-order valence-electron chi connectivity index (χ0n) is 13.1. The van der Waals surface area contributed by atoms with E-state index in [1.165, 1.54) is 16.0 Å². The molecule has 1 saturated heterocycles. The predicted molar refractivity (Wildman–Crippen MR) is 96.3 cm³/mol. The largest absolute Gasteiger partial charge is 0.481 e. The Morgan fingerprint density at radius 3 is 2.70 bits per heavy atom. The molecule has 3 nitrogen and oxygen atoms in total. The van der Waals surface area contributed by atoms with Crippen molar-refractivity contribution in [3.8, 4) is 0 Å². The van der Waals surface area contributed by atoms with Crippen molar-refractivity contribution in [1.29, 1.82) is 0 Å². The molecule has 122 valence electrons. The molecule has 2 atom stereocenters. The number of carboxylic acid groups (broad SMARTS) is 1. The van der Waals surface area contributed by atoms with Gasteiger partial charge in [-0.2, -0.15) is 11.3 Å². The number of piperidine rings is 1. The van der Waals surface area contributed by atoms with E-state index in [0.29, 0.717) is 6.54 Å². The van der Waals surface area contributed by atoms with Crippen LogP contribution < -0.4 is 0 Å². The Morgan fingerprint density at radius 2 is 2.09 bits per heavy atom. The number of aliphatic carboxylic acids is 1. The number of likely N-dealkylation sites (tertiary alicyclic amines) is 1. The smallest absolute Gasteiger partial charge is 0.307 e. The van der Waals surface area contributed by atoms with Gasteiger partial charge in [0.05, 0.1) is 12.0 Å². The zero-order chi connectivity index (χ0) is 16.2. The maximum absolute atomic E-state index is 11.4. The summed E-state index contributed by atoms with van der Waals surface area (Å²) >= 11 is 3.43. The van der Waals surface area contributed by atoms with E-state index in [1.807, 2.05) is 0 Å². The molecule has 1 aliphatic rings. The SMILES string of the molecule is CSc1ccc(C(c2ccsc2)N2CCCC(C(=O)O)C2)cc1. The van der Waals surface area contributed by atoms with E-state index in [4.69, 9.17) is 0 Å². The van der Waals surface area contributed by atoms with Crippen molar-refractivity contribution in [2.45, 2.75) is 23.8 Å². The van der Waals surface area contributed by atoms with Gasteiger partial charge in [0.2, 0.25) is 0 Å². The second-order valence-corrected chi connectivity index (χ2v) is 7.56. The van der Waals surface area contributed by atoms with E-state index in [2.05, 4.69) is 52.2 Å². The minimum absolute atomic E-state index is 0.152. The van der Waals surface area contributed by atoms with Crippen molar-refractivity contribution >= 4 is 29.1 Å². The second kappa shape index (κ2) is 7.51. The molecule has 1 aromatic carbocycles. The van der Waals surface area contributed by atoms with Gasteiger partial charge in [-0.05, 0) is 65.7 Å². The Bertz CT molecular complexity index is 640. The zero-order valence-corrected chi connectivity index (χ0v) is 14.8. The first-order chi connectivity index (χ1) is 11.2. The molecule has 2 aromatic rings. The van der Waals surface area contributed by atoms with Gasteiger partial charge in [-0.15, -0.1) is 11.8 Å². The summed E-state index contributed by atoms with van der Waals surface area (Å²) in [6.45, 7) is 1.58. The number of hydrogen-bond acceptors (Lipinski definition) is 4. The molecule has 5 heteroatoms. The summed E-state index contributed by atoms with van der Waals surface area (Å²) in [6.07, 6.45) is 3.81. The van der Waals surface area contributed by atoms with Gasteiger partial charge in [-0.25, -0.2) is 0 Å². The van der Waals surface area contributed by atoms with Crippen molar-refractivity contribution < 1.29 is 9.90 Å². The quantitative estimate of drug-likeness (QED) is 0.816. The minimum atomic E-state index is -0.670. The number of carbonyl (C=O) groups is 1. The lowest BCUT2D eigenvalue weighted by molar-refractivity contribution is -0.143. The Balaban J connectivity index is 1.90. The van der Waals surface area contributed by atoms with Crippen LogP contribution in [0.25, 0.3) is 0 Å². The van der Waals surface area contributed by atoms with Gasteiger partial charge in [-0.3, -0.25) is 9.69 Å². The minimum Gasteiger partial charge on any atom is -0.481 e. The van der Waals surface area contributed by atoms with Crippen LogP contribution in [0.1, 0.15) is 30.0 Å². The third-order valence-electron chi connectivity index (χ3n) is 4.46. The van der Waals surface area contributed by atoms with Gasteiger partial charge in [-0.1, -0.05) is 12.1 Å². The van der Waals surface area contributed by atoms with E-state index in [0.717, 1.165) is 19.4 Å². The molecule has 0 bridgehead atoms. The van der Waals surface area contributed by atoms with Crippen LogP contribution in [0.5, 0.6) is 0 Å². The van der Waals surface area contributed by atoms with E-state index in [9.17, 15) is 9.90 Å². The summed E-state index contributed by atoms with van der Waals surface area (Å²) in [6, 6.07) is 11.0. The normalized spacial score (nSPS) is 20.3. The highest BCUT2D eigenvalue weighted by Crippen LogP contribution is 2.34. The van der Waals surface area contributed by atoms with Crippen molar-refractivity contribution in [2.24, 2.45) is 5.92 Å². The van der Waals surface area contributed by atoms with Crippen molar-refractivity contribution in [3.05, 3.63) is 52.2 Å². The highest BCUT2D eigenvalue weighted by atomic mass is 32.2. The van der Waals surface area contributed by atoms with Crippen LogP contribution in [-0.4, -0.2) is 35.3 Å². The van der Waals surface area contributed by atoms with Crippen LogP contribution in [0.15, 0.2) is 46.0 Å². The summed E-state index contributed by atoms with van der Waals surface area (Å²) < 4.78 is 0. The monoisotopic (exact) mass is 347 g/mol. The molecule has 2 unspecified atom stereocenters. The summed E-state index contributed by atoms with van der Waals surface area (Å²) in [5.74, 6) is -0.924. The number of thioether (sulfide) groups is 1. The Kier molecular flexibility index (Phi) is 5.41. The molecule has 0 amide bonds. The van der Waals surface area contributed by atoms with Crippen LogP contribution in [0.3, 0.4) is 0 Å². The number of benzene rings is 1. The third-order valence-corrected chi connectivity index (χ3v) is 5.90. The number of carboxylic acids is 1. The summed E-state index contributed by atoms with van der Waals surface area (Å²) in [4.78, 5) is 15.0. The van der Waals surface area contributed by atoms with E-state index in [1.54, 1.807) is 23.1 Å². The molecule has 3 rings (SSSR count). The second-order valence-electron chi connectivity index (χ2n) is 5.90. The fourth-order valence-corrected chi connectivity index (χ4v) is 4.36. The summed E-state index contributed by atoms with van der Waals surface area (Å²) in [7, 11) is 0. The molecule has 0 saturated carbocycles. The van der Waals surface area contributed by atoms with Crippen LogP contribution in [-0.2, 0) is 4.79 Å². The molecule has 0 radical (unpaired) electrons. The van der Waals surface area contributed by atoms with E-state index >= 15 is 0 Å². The predicted octanol–water partition coefficient (Wildman–Crippen LogP) is 4.36. The Labute approximate surface area is 145 Å². The van der Waals surface area contributed by atoms with E-state index in [-0.39, 0.29) is 12.0 Å². The standard InChI is InChI=1S/C18H21NO2S2/c1-22-16-6-4-13(5-7-16)17(15-8-10-23-12-15)19-9-2-3-14(11-19)18(20)21/h4-8,10,12,14,17H,2-3,9,11H2,1H3,(H,20,21). The lowest BCUT2D eigenvalue weighted by atomic mass is 9.92. The maximum Gasteiger partial charge on any atom is 0.307 e. The average Bonchev–Trinajstić information content (AvgIpc) is 3.10. The number of thiophene rings is 1. The number of nitrogens with zero attached hydrogens (tertiary/aromatic N) is 1. The number of hydrogen-bond donors (Lipinski definition) is 1. The molecular weight excluding hydrogens is 326 g/mol. The van der Waals surface area contributed by atoms with Gasteiger partial charge in [0.1, 0.15) is 0 Å². The van der Waals surface area contributed by atoms with Crippen LogP contribution in [0.4, 0.5) is 0 Å². The van der Waals surface area contributed by atoms with Crippen molar-refractivity contribution in [1.82, 2.24) is 4.90 Å². The molecule has 2 heterocycles. The number of rotatable bonds is 5. The van der Waals surface area contributed by atoms with Crippen LogP contribution in [0, 0.1) is 5.92 Å². The van der Waals surface area contributed by atoms with Crippen molar-refractivity contribution in [2.75, 3.05) is 19.3 Å². The Morgan fingerprint density at radius 1 is 1.30 bits per heavy atom. The van der Waals surface area contributed by atoms with Gasteiger partial charge in [0.25, 0.3) is 0 Å². The maximum atomic E-state index is 11.4. The van der Waals surface area contributed by atoms with Gasteiger partial charge >= 0.3 is 5.97 Å². The fourth-order valence-electron chi connectivity index (χ4n) is 3.27. The first-order valence-electron chi connectivity index (χ1n) is 7.82. The van der Waals surface area contributed by atoms with E-state index < -0.39 is 5.97 Å². The molecule has 0 spiro atoms. The average molecular weight is 348 g/mol. The molecule has 1 aliphatic heterocycles. The lowest BCUT2D eigenvalue weighted by Crippen LogP contribution is -2.41. The van der Waals surface area contributed by atoms with Crippen LogP contribution >= 0.6 is 23.1 Å². The summed E-state index contributed by atoms with van der Waals surface area (Å²) in [5.41, 5.74) is 2.50. The van der Waals surface area contributed by atoms with Gasteiger partial charge in [0.15, 0.2) is 0 Å². The molecular formula is C18H21NO2S2. The molecule has 23 heavy (non-hydrogen) atoms. The molecule has 1 N–H and O–H groups in total. The first-order valence-corrected chi connectivity index (χ1v) is 9.98. The molecule has 1 aromatic heterocycles. The van der Waals surface area contributed by atoms with Gasteiger partial charge < -0.3 is 5.11 Å². The highest BCUT2D eigenvalue weighted by Gasteiger charge is 2.31. The molecule has 1 fully saturated rings. The van der Waals surface area contributed by atoms with Crippen molar-refractivity contribution in [3.63, 3.8) is 0 Å². The summed E-state index contributed by atoms with van der Waals surface area (Å²) in [5, 5.41) is 13.7. The first kappa shape index (κ1) is 16.6. The lowest BCUT2D eigenvalue weighted by Gasteiger charge is -2.37. The fraction of sp³-hybridized carbons (Fsp3) is 0.389. The highest BCUT2D eigenvalue weighted by molar-refractivity contribution is 7.98.